The van der Waals surface area contributed by atoms with Crippen LogP contribution in [0, 0.1) is 17.2 Å². The van der Waals surface area contributed by atoms with Gasteiger partial charge >= 0.3 is 6.09 Å². The first-order valence-corrected chi connectivity index (χ1v) is 18.8. The number of carbonyl (C=O) groups is 3. The topological polar surface area (TPSA) is 108 Å². The van der Waals surface area contributed by atoms with Crippen molar-refractivity contribution in [3.05, 3.63) is 54.3 Å². The van der Waals surface area contributed by atoms with Crippen molar-refractivity contribution < 1.29 is 28.2 Å². The van der Waals surface area contributed by atoms with Gasteiger partial charge in [-0.3, -0.25) is 9.59 Å². The van der Waals surface area contributed by atoms with Crippen molar-refractivity contribution in [1.82, 2.24) is 24.7 Å². The van der Waals surface area contributed by atoms with Gasteiger partial charge in [0.1, 0.15) is 23.5 Å². The molecule has 282 valence electrons. The van der Waals surface area contributed by atoms with Gasteiger partial charge in [-0.25, -0.2) is 24.1 Å². The van der Waals surface area contributed by atoms with E-state index < -0.39 is 23.1 Å². The summed E-state index contributed by atoms with van der Waals surface area (Å²) in [4.78, 5) is 56.4. The van der Waals surface area contributed by atoms with Gasteiger partial charge < -0.3 is 24.2 Å². The Bertz CT molecular complexity index is 1670. The zero-order chi connectivity index (χ0) is 37.6. The monoisotopic (exact) mass is 718 g/mol. The molecule has 4 aliphatic rings. The number of anilines is 1. The first kappa shape index (κ1) is 37.7. The number of imide groups is 1. The molecule has 2 spiro atoms. The van der Waals surface area contributed by atoms with E-state index in [1.165, 1.54) is 29.4 Å². The molecule has 0 N–H and O–H groups in total. The summed E-state index contributed by atoms with van der Waals surface area (Å²) in [6, 6.07) is 3.90. The van der Waals surface area contributed by atoms with Crippen molar-refractivity contribution in [2.24, 2.45) is 11.3 Å². The van der Waals surface area contributed by atoms with E-state index in [1.54, 1.807) is 11.1 Å². The lowest BCUT2D eigenvalue weighted by atomic mass is 9.71. The van der Waals surface area contributed by atoms with Gasteiger partial charge in [0.15, 0.2) is 11.6 Å². The lowest BCUT2D eigenvalue weighted by Crippen LogP contribution is -2.61. The fraction of sp³-hybridized carbons (Fsp3) is 0.625. The first-order chi connectivity index (χ1) is 24.5. The number of aromatic nitrogens is 2. The molecular formula is C40H55FN6O5. The van der Waals surface area contributed by atoms with Gasteiger partial charge in [0.25, 0.3) is 11.8 Å². The highest BCUT2D eigenvalue weighted by Gasteiger charge is 2.53. The number of ether oxygens (including phenoxy) is 2. The number of halogens is 1. The van der Waals surface area contributed by atoms with Gasteiger partial charge in [-0.1, -0.05) is 6.58 Å². The number of hydrogen-bond donors (Lipinski definition) is 0. The molecule has 12 heteroatoms. The van der Waals surface area contributed by atoms with Crippen LogP contribution in [0.5, 0.6) is 11.5 Å². The molecule has 3 aliphatic heterocycles. The Morgan fingerprint density at radius 1 is 1.04 bits per heavy atom. The van der Waals surface area contributed by atoms with E-state index in [1.807, 2.05) is 48.5 Å². The summed E-state index contributed by atoms with van der Waals surface area (Å²) in [5.74, 6) is 0.801. The fourth-order valence-corrected chi connectivity index (χ4v) is 8.81. The van der Waals surface area contributed by atoms with E-state index in [0.717, 1.165) is 71.2 Å². The number of likely N-dealkylation sites (tertiary alicyclic amines) is 2. The third-order valence-electron chi connectivity index (χ3n) is 11.3. The van der Waals surface area contributed by atoms with Crippen LogP contribution in [0.3, 0.4) is 0 Å². The summed E-state index contributed by atoms with van der Waals surface area (Å²) >= 11 is 0. The molecule has 4 fully saturated rings. The Morgan fingerprint density at radius 3 is 2.31 bits per heavy atom. The smallest absolute Gasteiger partial charge is 0.417 e. The highest BCUT2D eigenvalue weighted by molar-refractivity contribution is 6.05. The van der Waals surface area contributed by atoms with Crippen molar-refractivity contribution in [3.63, 3.8) is 0 Å². The summed E-state index contributed by atoms with van der Waals surface area (Å²) < 4.78 is 26.4. The molecule has 1 saturated carbocycles. The van der Waals surface area contributed by atoms with Gasteiger partial charge in [0.05, 0.1) is 17.3 Å². The molecule has 0 radical (unpaired) electrons. The van der Waals surface area contributed by atoms with E-state index in [9.17, 15) is 18.8 Å². The minimum absolute atomic E-state index is 0.0702. The maximum absolute atomic E-state index is 14.4. The maximum Gasteiger partial charge on any atom is 0.417 e. The SMILES string of the molecule is C=C1CC2(CCC(CN3CCC4(CC3)CN(c3ncncc3Oc3ccc(F)cc3C(=O)N(C(C)C)C(C)C)C4)CC2)N(C(=O)OC(C)(C)C)C1=O. The van der Waals surface area contributed by atoms with Crippen LogP contribution in [0.25, 0.3) is 0 Å². The molecule has 0 unspecified atom stereocenters. The van der Waals surface area contributed by atoms with Gasteiger partial charge in [-0.05, 0) is 124 Å². The predicted octanol–water partition coefficient (Wildman–Crippen LogP) is 7.22. The maximum atomic E-state index is 14.4. The zero-order valence-corrected chi connectivity index (χ0v) is 31.9. The molecule has 6 rings (SSSR count). The Morgan fingerprint density at radius 2 is 1.69 bits per heavy atom. The third kappa shape index (κ3) is 7.68. The number of amides is 3. The Kier molecular flexibility index (Phi) is 10.4. The number of benzene rings is 1. The van der Waals surface area contributed by atoms with Crippen LogP contribution < -0.4 is 9.64 Å². The third-order valence-corrected chi connectivity index (χ3v) is 11.3. The van der Waals surface area contributed by atoms with Gasteiger partial charge in [0.2, 0.25) is 0 Å². The Balaban J connectivity index is 1.04. The van der Waals surface area contributed by atoms with Crippen molar-refractivity contribution in [3.8, 4) is 11.5 Å². The molecule has 0 bridgehead atoms. The second-order valence-electron chi connectivity index (χ2n) is 17.1. The summed E-state index contributed by atoms with van der Waals surface area (Å²) in [5, 5.41) is 0. The van der Waals surface area contributed by atoms with Crippen LogP contribution in [0.4, 0.5) is 15.0 Å². The second kappa shape index (κ2) is 14.4. The van der Waals surface area contributed by atoms with Gasteiger partial charge in [0, 0.05) is 49.1 Å². The Hall–Kier alpha value is -4.06. The predicted molar refractivity (Wildman–Crippen MR) is 197 cm³/mol. The standard InChI is InChI=1S/C40H55FN6O5/c1-26(2)46(27(3)4)36(49)31-19-30(41)9-10-32(31)51-33-21-42-25-43-34(33)45-23-39(24-45)15-17-44(18-16-39)22-29-11-13-40(14-12-29)20-28(5)35(48)47(40)37(50)52-38(6,7)8/h9-10,19,21,25-27,29H,5,11-18,20,22-24H2,1-4,6-8H3. The number of carbonyl (C=O) groups excluding carboxylic acids is 3. The van der Waals surface area contributed by atoms with Crippen molar-refractivity contribution >= 4 is 23.7 Å². The van der Waals surface area contributed by atoms with Crippen molar-refractivity contribution in [1.29, 1.82) is 0 Å². The molecule has 1 aromatic heterocycles. The van der Waals surface area contributed by atoms with E-state index in [-0.39, 0.29) is 40.6 Å². The molecule has 52 heavy (non-hydrogen) atoms. The zero-order valence-electron chi connectivity index (χ0n) is 31.9. The molecule has 1 aromatic carbocycles. The number of rotatable bonds is 8. The molecule has 1 aliphatic carbocycles. The summed E-state index contributed by atoms with van der Waals surface area (Å²) in [6.07, 6.45) is 8.72. The molecule has 11 nitrogen and oxygen atoms in total. The van der Waals surface area contributed by atoms with Crippen molar-refractivity contribution in [2.75, 3.05) is 37.6 Å². The molecule has 3 amide bonds. The van der Waals surface area contributed by atoms with E-state index in [2.05, 4.69) is 26.3 Å². The number of nitrogens with zero attached hydrogens (tertiary/aromatic N) is 6. The number of hydrogen-bond acceptors (Lipinski definition) is 9. The van der Waals surface area contributed by atoms with Gasteiger partial charge in [-0.2, -0.15) is 0 Å². The lowest BCUT2D eigenvalue weighted by Gasteiger charge is -2.55. The van der Waals surface area contributed by atoms with E-state index >= 15 is 0 Å². The first-order valence-electron chi connectivity index (χ1n) is 18.8. The fourth-order valence-electron chi connectivity index (χ4n) is 8.81. The normalized spacial score (nSPS) is 23.5. The number of piperidine rings is 1. The van der Waals surface area contributed by atoms with Crippen LogP contribution in [-0.4, -0.2) is 98.5 Å². The molecule has 2 aromatic rings. The summed E-state index contributed by atoms with van der Waals surface area (Å²) in [7, 11) is 0. The average Bonchev–Trinajstić information content (AvgIpc) is 3.29. The highest BCUT2D eigenvalue weighted by atomic mass is 19.1. The quantitative estimate of drug-likeness (QED) is 0.262. The van der Waals surface area contributed by atoms with Crippen LogP contribution in [0.1, 0.15) is 104 Å². The van der Waals surface area contributed by atoms with Gasteiger partial charge in [-0.15, -0.1) is 0 Å². The molecular weight excluding hydrogens is 663 g/mol. The van der Waals surface area contributed by atoms with E-state index in [0.29, 0.717) is 29.5 Å². The second-order valence-corrected chi connectivity index (χ2v) is 17.1. The largest absolute Gasteiger partial charge is 0.451 e. The molecule has 3 saturated heterocycles. The van der Waals surface area contributed by atoms with Crippen molar-refractivity contribution in [2.45, 2.75) is 117 Å². The minimum Gasteiger partial charge on any atom is -0.451 e. The van der Waals surface area contributed by atoms with Crippen LogP contribution in [-0.2, 0) is 9.53 Å². The summed E-state index contributed by atoms with van der Waals surface area (Å²) in [6.45, 7) is 22.0. The minimum atomic E-state index is -0.674. The van der Waals surface area contributed by atoms with Crippen LogP contribution >= 0.6 is 0 Å². The highest BCUT2D eigenvalue weighted by Crippen LogP contribution is 2.48. The Labute approximate surface area is 307 Å². The van der Waals surface area contributed by atoms with E-state index in [4.69, 9.17) is 9.47 Å². The van der Waals surface area contributed by atoms with Crippen LogP contribution in [0.15, 0.2) is 42.9 Å². The molecule has 4 heterocycles. The van der Waals surface area contributed by atoms with Crippen LogP contribution in [0.2, 0.25) is 0 Å². The average molecular weight is 719 g/mol. The molecule has 0 atom stereocenters. The lowest BCUT2D eigenvalue weighted by molar-refractivity contribution is -0.129. The summed E-state index contributed by atoms with van der Waals surface area (Å²) in [5.41, 5.74) is -0.336.